The van der Waals surface area contributed by atoms with Crippen LogP contribution >= 0.6 is 11.8 Å². The molecule has 30 heavy (non-hydrogen) atoms. The van der Waals surface area contributed by atoms with Gasteiger partial charge in [-0.1, -0.05) is 0 Å². The Morgan fingerprint density at radius 1 is 1.17 bits per heavy atom. The largest absolute Gasteiger partial charge is 0.416 e. The Kier molecular flexibility index (Phi) is 6.32. The number of hydrogen-bond acceptors (Lipinski definition) is 6. The number of hydrogen-bond donors (Lipinski definition) is 3. The van der Waals surface area contributed by atoms with Gasteiger partial charge in [-0.05, 0) is 30.5 Å². The number of nitrogens with one attached hydrogen (secondary N) is 3. The van der Waals surface area contributed by atoms with Crippen LogP contribution in [-0.2, 0) is 30.4 Å². The Bertz CT molecular complexity index is 981. The minimum Gasteiger partial charge on any atom is -0.324 e. The predicted molar refractivity (Wildman–Crippen MR) is 102 cm³/mol. The van der Waals surface area contributed by atoms with Gasteiger partial charge in [0.05, 0.1) is 28.0 Å². The fraction of sp³-hybridized carbons (Fsp3) is 0.471. The quantitative estimate of drug-likeness (QED) is 0.580. The zero-order valence-electron chi connectivity index (χ0n) is 15.4. The zero-order chi connectivity index (χ0) is 22.1. The van der Waals surface area contributed by atoms with E-state index in [0.717, 1.165) is 23.9 Å². The molecular weight excluding hydrogens is 447 g/mol. The second-order valence-electron chi connectivity index (χ2n) is 7.08. The molecule has 8 nitrogen and oxygen atoms in total. The number of carbonyl (C=O) groups is 3. The van der Waals surface area contributed by atoms with Crippen LogP contribution in [0.2, 0.25) is 0 Å². The third-order valence-electron chi connectivity index (χ3n) is 4.64. The van der Waals surface area contributed by atoms with E-state index >= 15 is 0 Å². The highest BCUT2D eigenvalue weighted by atomic mass is 32.2. The first-order valence-corrected chi connectivity index (χ1v) is 11.6. The van der Waals surface area contributed by atoms with E-state index in [4.69, 9.17) is 0 Å². The van der Waals surface area contributed by atoms with Crippen molar-refractivity contribution in [1.82, 2.24) is 10.9 Å². The number of sulfone groups is 1. The number of benzene rings is 1. The normalized spacial score (nSPS) is 22.7. The molecule has 3 rings (SSSR count). The van der Waals surface area contributed by atoms with Crippen LogP contribution in [0.1, 0.15) is 24.8 Å². The minimum atomic E-state index is -4.54. The standard InChI is InChI=1S/C17H18F3N3O5S2/c18-17(19,20)10-1-2-12-11(6-10)21-16(26)13(29-12)7-15(25)23-22-14(24)5-9-3-4-30(27,28)8-9/h1-2,6,9,13H,3-5,7-8H2,(H,21,26)(H,22,24)(H,23,25). The summed E-state index contributed by atoms with van der Waals surface area (Å²) in [4.78, 5) is 36.4. The number of hydrazine groups is 1. The van der Waals surface area contributed by atoms with Crippen molar-refractivity contribution in [3.8, 4) is 0 Å². The number of thioether (sulfide) groups is 1. The second kappa shape index (κ2) is 8.46. The molecule has 2 unspecified atom stereocenters. The van der Waals surface area contributed by atoms with Gasteiger partial charge < -0.3 is 5.32 Å². The van der Waals surface area contributed by atoms with E-state index in [1.165, 1.54) is 6.07 Å². The smallest absolute Gasteiger partial charge is 0.324 e. The molecule has 2 aliphatic heterocycles. The summed E-state index contributed by atoms with van der Waals surface area (Å²) in [6.45, 7) is 0. The number of amides is 3. The van der Waals surface area contributed by atoms with Crippen molar-refractivity contribution in [2.75, 3.05) is 16.8 Å². The first-order valence-electron chi connectivity index (χ1n) is 8.90. The van der Waals surface area contributed by atoms with Crippen molar-refractivity contribution >= 4 is 45.0 Å². The van der Waals surface area contributed by atoms with Crippen molar-refractivity contribution in [2.24, 2.45) is 5.92 Å². The van der Waals surface area contributed by atoms with Gasteiger partial charge in [-0.25, -0.2) is 8.42 Å². The molecule has 0 saturated carbocycles. The van der Waals surface area contributed by atoms with Crippen molar-refractivity contribution in [1.29, 1.82) is 0 Å². The molecule has 1 aromatic carbocycles. The highest BCUT2D eigenvalue weighted by Crippen LogP contribution is 2.40. The number of rotatable bonds is 4. The van der Waals surface area contributed by atoms with Crippen LogP contribution in [-0.4, -0.2) is 42.9 Å². The summed E-state index contributed by atoms with van der Waals surface area (Å²) in [5.74, 6) is -2.16. The zero-order valence-corrected chi connectivity index (χ0v) is 17.0. The number of alkyl halides is 3. The molecule has 0 spiro atoms. The van der Waals surface area contributed by atoms with E-state index in [-0.39, 0.29) is 36.0 Å². The lowest BCUT2D eigenvalue weighted by Gasteiger charge is -2.24. The Morgan fingerprint density at radius 3 is 2.43 bits per heavy atom. The summed E-state index contributed by atoms with van der Waals surface area (Å²) in [7, 11) is -3.11. The topological polar surface area (TPSA) is 121 Å². The Hall–Kier alpha value is -2.28. The van der Waals surface area contributed by atoms with E-state index in [0.29, 0.717) is 11.3 Å². The van der Waals surface area contributed by atoms with Gasteiger partial charge in [-0.3, -0.25) is 25.2 Å². The van der Waals surface area contributed by atoms with Crippen LogP contribution in [0.5, 0.6) is 0 Å². The van der Waals surface area contributed by atoms with Crippen molar-refractivity contribution in [3.05, 3.63) is 23.8 Å². The molecule has 0 aromatic heterocycles. The molecule has 2 heterocycles. The van der Waals surface area contributed by atoms with E-state index < -0.39 is 44.5 Å². The molecule has 1 saturated heterocycles. The molecule has 2 atom stereocenters. The van der Waals surface area contributed by atoms with E-state index in [1.54, 1.807) is 0 Å². The summed E-state index contributed by atoms with van der Waals surface area (Å²) in [5.41, 5.74) is 3.48. The van der Waals surface area contributed by atoms with Crippen LogP contribution < -0.4 is 16.2 Å². The third kappa shape index (κ3) is 5.65. The lowest BCUT2D eigenvalue weighted by molar-refractivity contribution is -0.137. The SMILES string of the molecule is O=C(CC1CCS(=O)(=O)C1)NNC(=O)CC1Sc2ccc(C(F)(F)F)cc2NC1=O. The maximum atomic E-state index is 12.8. The molecule has 0 bridgehead atoms. The first-order chi connectivity index (χ1) is 13.9. The molecular formula is C17H18F3N3O5S2. The monoisotopic (exact) mass is 465 g/mol. The van der Waals surface area contributed by atoms with Crippen LogP contribution in [0.4, 0.5) is 18.9 Å². The molecule has 164 valence electrons. The number of halogens is 3. The van der Waals surface area contributed by atoms with Crippen molar-refractivity contribution in [2.45, 2.75) is 35.6 Å². The fourth-order valence-corrected chi connectivity index (χ4v) is 6.12. The third-order valence-corrected chi connectivity index (χ3v) is 7.75. The molecule has 3 amide bonds. The molecule has 0 aliphatic carbocycles. The van der Waals surface area contributed by atoms with Gasteiger partial charge in [-0.2, -0.15) is 13.2 Å². The summed E-state index contributed by atoms with van der Waals surface area (Å²) < 4.78 is 61.1. The van der Waals surface area contributed by atoms with Gasteiger partial charge in [-0.15, -0.1) is 11.8 Å². The van der Waals surface area contributed by atoms with Gasteiger partial charge in [0.25, 0.3) is 0 Å². The number of carbonyl (C=O) groups excluding carboxylic acids is 3. The van der Waals surface area contributed by atoms with Gasteiger partial charge in [0.15, 0.2) is 9.84 Å². The summed E-state index contributed by atoms with van der Waals surface area (Å²) in [6.07, 6.45) is -4.51. The van der Waals surface area contributed by atoms with E-state index in [2.05, 4.69) is 16.2 Å². The van der Waals surface area contributed by atoms with Crippen molar-refractivity contribution in [3.63, 3.8) is 0 Å². The molecule has 1 fully saturated rings. The van der Waals surface area contributed by atoms with Crippen molar-refractivity contribution < 1.29 is 36.0 Å². The Morgan fingerprint density at radius 2 is 1.83 bits per heavy atom. The van der Waals surface area contributed by atoms with Crippen LogP contribution in [0.3, 0.4) is 0 Å². The lowest BCUT2D eigenvalue weighted by Crippen LogP contribution is -2.44. The van der Waals surface area contributed by atoms with Crippen LogP contribution in [0.25, 0.3) is 0 Å². The maximum absolute atomic E-state index is 12.8. The first kappa shape index (κ1) is 22.4. The molecule has 13 heteroatoms. The Labute approximate surface area is 174 Å². The Balaban J connectivity index is 1.50. The maximum Gasteiger partial charge on any atom is 0.416 e. The van der Waals surface area contributed by atoms with Gasteiger partial charge in [0.1, 0.15) is 0 Å². The van der Waals surface area contributed by atoms with E-state index in [1.807, 2.05) is 0 Å². The highest BCUT2D eigenvalue weighted by molar-refractivity contribution is 8.01. The van der Waals surface area contributed by atoms with E-state index in [9.17, 15) is 36.0 Å². The average molecular weight is 465 g/mol. The van der Waals surface area contributed by atoms with Gasteiger partial charge in [0.2, 0.25) is 17.7 Å². The minimum absolute atomic E-state index is 0.0244. The van der Waals surface area contributed by atoms with Crippen LogP contribution in [0.15, 0.2) is 23.1 Å². The van der Waals surface area contributed by atoms with Gasteiger partial charge in [0, 0.05) is 17.7 Å². The summed E-state index contributed by atoms with van der Waals surface area (Å²) in [5, 5.41) is 1.48. The lowest BCUT2D eigenvalue weighted by atomic mass is 10.1. The summed E-state index contributed by atoms with van der Waals surface area (Å²) >= 11 is 0.953. The van der Waals surface area contributed by atoms with Gasteiger partial charge >= 0.3 is 6.18 Å². The average Bonchev–Trinajstić information content (AvgIpc) is 2.97. The summed E-state index contributed by atoms with van der Waals surface area (Å²) in [6, 6.07) is 2.95. The molecule has 0 radical (unpaired) electrons. The molecule has 3 N–H and O–H groups in total. The molecule has 1 aromatic rings. The second-order valence-corrected chi connectivity index (χ2v) is 10.6. The highest BCUT2D eigenvalue weighted by Gasteiger charge is 2.34. The molecule has 2 aliphatic rings. The number of anilines is 1. The number of fused-ring (bicyclic) bond motifs is 1. The fourth-order valence-electron chi connectivity index (χ4n) is 3.17. The van der Waals surface area contributed by atoms with Crippen LogP contribution in [0, 0.1) is 5.92 Å². The predicted octanol–water partition coefficient (Wildman–Crippen LogP) is 1.48.